The zero-order chi connectivity index (χ0) is 12.0. The van der Waals surface area contributed by atoms with Crippen molar-refractivity contribution in [1.82, 2.24) is 10.2 Å². The van der Waals surface area contributed by atoms with Gasteiger partial charge in [0.2, 0.25) is 0 Å². The summed E-state index contributed by atoms with van der Waals surface area (Å²) in [4.78, 5) is 23.6. The lowest BCUT2D eigenvalue weighted by Gasteiger charge is -2.37. The van der Waals surface area contributed by atoms with Gasteiger partial charge >= 0.3 is 5.97 Å². The van der Waals surface area contributed by atoms with Crippen molar-refractivity contribution in [3.63, 3.8) is 0 Å². The van der Waals surface area contributed by atoms with Crippen molar-refractivity contribution in [2.75, 3.05) is 26.2 Å². The molecule has 0 bridgehead atoms. The number of carbonyl (C=O) groups excluding carboxylic acids is 1. The van der Waals surface area contributed by atoms with Crippen LogP contribution in [0.5, 0.6) is 0 Å². The van der Waals surface area contributed by atoms with Crippen LogP contribution in [-0.2, 0) is 9.59 Å². The van der Waals surface area contributed by atoms with Gasteiger partial charge in [-0.2, -0.15) is 0 Å². The number of hydrogen-bond donors (Lipinski definition) is 2. The Bertz CT molecular complexity index is 239. The molecule has 0 saturated carbocycles. The highest BCUT2D eigenvalue weighted by atomic mass is 16.4. The second kappa shape index (κ2) is 6.60. The summed E-state index contributed by atoms with van der Waals surface area (Å²) in [6.45, 7) is 5.51. The summed E-state index contributed by atoms with van der Waals surface area (Å²) >= 11 is 0. The lowest BCUT2D eigenvalue weighted by Crippen LogP contribution is -2.50. The number of carboxylic acids is 1. The minimum atomic E-state index is -0.793. The van der Waals surface area contributed by atoms with E-state index in [1.54, 1.807) is 0 Å². The largest absolute Gasteiger partial charge is 0.481 e. The molecule has 2 N–H and O–H groups in total. The number of aldehydes is 1. The Balaban J connectivity index is 2.56. The number of nitrogens with zero attached hydrogens (tertiary/aromatic N) is 1. The van der Waals surface area contributed by atoms with E-state index in [-0.39, 0.29) is 18.4 Å². The van der Waals surface area contributed by atoms with Crippen LogP contribution < -0.4 is 5.32 Å². The van der Waals surface area contributed by atoms with Gasteiger partial charge in [-0.15, -0.1) is 0 Å². The van der Waals surface area contributed by atoms with Crippen molar-refractivity contribution in [2.45, 2.75) is 25.8 Å². The molecule has 1 saturated heterocycles. The third-order valence-corrected chi connectivity index (χ3v) is 3.11. The van der Waals surface area contributed by atoms with Gasteiger partial charge < -0.3 is 15.2 Å². The van der Waals surface area contributed by atoms with E-state index in [0.717, 1.165) is 32.5 Å². The van der Waals surface area contributed by atoms with Crippen LogP contribution in [0.2, 0.25) is 0 Å². The van der Waals surface area contributed by atoms with Gasteiger partial charge in [0.1, 0.15) is 6.29 Å². The van der Waals surface area contributed by atoms with Crippen molar-refractivity contribution in [2.24, 2.45) is 5.92 Å². The molecule has 5 nitrogen and oxygen atoms in total. The Morgan fingerprint density at radius 1 is 1.50 bits per heavy atom. The molecule has 0 aromatic heterocycles. The number of hydrogen-bond acceptors (Lipinski definition) is 4. The highest BCUT2D eigenvalue weighted by molar-refractivity contribution is 5.67. The molecule has 0 aliphatic carbocycles. The second-order valence-corrected chi connectivity index (χ2v) is 4.33. The van der Waals surface area contributed by atoms with E-state index in [1.807, 2.05) is 6.92 Å². The van der Waals surface area contributed by atoms with Gasteiger partial charge in [0.15, 0.2) is 0 Å². The van der Waals surface area contributed by atoms with Gasteiger partial charge in [-0.1, -0.05) is 6.92 Å². The lowest BCUT2D eigenvalue weighted by atomic mass is 9.94. The van der Waals surface area contributed by atoms with E-state index in [1.165, 1.54) is 0 Å². The molecule has 0 aromatic carbocycles. The van der Waals surface area contributed by atoms with Crippen LogP contribution in [0.25, 0.3) is 0 Å². The van der Waals surface area contributed by atoms with Crippen LogP contribution in [0.15, 0.2) is 0 Å². The average molecular weight is 228 g/mol. The fourth-order valence-electron chi connectivity index (χ4n) is 2.27. The average Bonchev–Trinajstić information content (AvgIpc) is 2.26. The topological polar surface area (TPSA) is 69.6 Å². The van der Waals surface area contributed by atoms with Crippen molar-refractivity contribution in [1.29, 1.82) is 0 Å². The molecule has 0 amide bonds. The van der Waals surface area contributed by atoms with Crippen LogP contribution in [-0.4, -0.2) is 54.5 Å². The molecule has 1 heterocycles. The summed E-state index contributed by atoms with van der Waals surface area (Å²) in [5.41, 5.74) is 0. The maximum atomic E-state index is 10.7. The van der Waals surface area contributed by atoms with Crippen LogP contribution in [0.3, 0.4) is 0 Å². The maximum Gasteiger partial charge on any atom is 0.303 e. The number of carboxylic acid groups (broad SMARTS) is 1. The van der Waals surface area contributed by atoms with Gasteiger partial charge in [0.25, 0.3) is 0 Å². The number of carbonyl (C=O) groups is 2. The first-order valence-electron chi connectivity index (χ1n) is 5.75. The predicted octanol–water partition coefficient (Wildman–Crippen LogP) is -0.0400. The standard InChI is InChI=1S/C11H20N2O3/c1-9(8-11(15)16)10(2-7-14)13-5-3-12-4-6-13/h7,9-10,12H,2-6,8H2,1H3,(H,15,16). The highest BCUT2D eigenvalue weighted by Crippen LogP contribution is 2.18. The smallest absolute Gasteiger partial charge is 0.303 e. The summed E-state index contributed by atoms with van der Waals surface area (Å²) < 4.78 is 0. The van der Waals surface area contributed by atoms with E-state index in [9.17, 15) is 9.59 Å². The first-order chi connectivity index (χ1) is 7.65. The van der Waals surface area contributed by atoms with Gasteiger partial charge in [0.05, 0.1) is 0 Å². The first kappa shape index (κ1) is 13.1. The van der Waals surface area contributed by atoms with Crippen molar-refractivity contribution in [3.05, 3.63) is 0 Å². The van der Waals surface area contributed by atoms with E-state index in [2.05, 4.69) is 10.2 Å². The van der Waals surface area contributed by atoms with Gasteiger partial charge in [-0.3, -0.25) is 9.69 Å². The molecule has 2 unspecified atom stereocenters. The maximum absolute atomic E-state index is 10.7. The number of rotatable bonds is 6. The molecule has 0 spiro atoms. The van der Waals surface area contributed by atoms with E-state index >= 15 is 0 Å². The molecular weight excluding hydrogens is 208 g/mol. The third-order valence-electron chi connectivity index (χ3n) is 3.11. The minimum absolute atomic E-state index is 0.0146. The summed E-state index contributed by atoms with van der Waals surface area (Å²) in [6.07, 6.45) is 1.45. The Labute approximate surface area is 95.8 Å². The fraction of sp³-hybridized carbons (Fsp3) is 0.818. The molecule has 2 atom stereocenters. The van der Waals surface area contributed by atoms with Crippen molar-refractivity contribution < 1.29 is 14.7 Å². The Kier molecular flexibility index (Phi) is 5.42. The molecule has 0 radical (unpaired) electrons. The number of nitrogens with one attached hydrogen (secondary N) is 1. The summed E-state index contributed by atoms with van der Waals surface area (Å²) in [5.74, 6) is -0.778. The van der Waals surface area contributed by atoms with Gasteiger partial charge in [-0.25, -0.2) is 0 Å². The van der Waals surface area contributed by atoms with Gasteiger partial charge in [0, 0.05) is 45.1 Å². The van der Waals surface area contributed by atoms with Gasteiger partial charge in [-0.05, 0) is 5.92 Å². The molecule has 1 aliphatic heterocycles. The molecule has 1 aliphatic rings. The molecular formula is C11H20N2O3. The summed E-state index contributed by atoms with van der Waals surface area (Å²) in [7, 11) is 0. The summed E-state index contributed by atoms with van der Waals surface area (Å²) in [5, 5.41) is 12.0. The fourth-order valence-corrected chi connectivity index (χ4v) is 2.27. The quantitative estimate of drug-likeness (QED) is 0.624. The molecule has 16 heavy (non-hydrogen) atoms. The van der Waals surface area contributed by atoms with E-state index < -0.39 is 5.97 Å². The minimum Gasteiger partial charge on any atom is -0.481 e. The van der Waals surface area contributed by atoms with Crippen molar-refractivity contribution >= 4 is 12.3 Å². The zero-order valence-electron chi connectivity index (χ0n) is 9.69. The zero-order valence-corrected chi connectivity index (χ0v) is 9.69. The summed E-state index contributed by atoms with van der Waals surface area (Å²) in [6, 6.07) is 0.0655. The molecule has 1 fully saturated rings. The molecule has 5 heteroatoms. The first-order valence-corrected chi connectivity index (χ1v) is 5.75. The number of aliphatic carboxylic acids is 1. The number of piperazine rings is 1. The molecule has 1 rings (SSSR count). The van der Waals surface area contributed by atoms with Crippen LogP contribution in [0.4, 0.5) is 0 Å². The SMILES string of the molecule is CC(CC(=O)O)C(CC=O)N1CCNCC1. The van der Waals surface area contributed by atoms with Crippen molar-refractivity contribution in [3.8, 4) is 0 Å². The normalized spacial score (nSPS) is 21.3. The Morgan fingerprint density at radius 3 is 2.62 bits per heavy atom. The third kappa shape index (κ3) is 3.90. The van der Waals surface area contributed by atoms with Crippen LogP contribution >= 0.6 is 0 Å². The second-order valence-electron chi connectivity index (χ2n) is 4.33. The van der Waals surface area contributed by atoms with E-state index in [4.69, 9.17) is 5.11 Å². The predicted molar refractivity (Wildman–Crippen MR) is 60.3 cm³/mol. The van der Waals surface area contributed by atoms with Crippen LogP contribution in [0, 0.1) is 5.92 Å². The highest BCUT2D eigenvalue weighted by Gasteiger charge is 2.26. The van der Waals surface area contributed by atoms with E-state index in [0.29, 0.717) is 6.42 Å². The Hall–Kier alpha value is -0.940. The monoisotopic (exact) mass is 228 g/mol. The molecule has 0 aromatic rings. The Morgan fingerprint density at radius 2 is 2.12 bits per heavy atom. The molecule has 92 valence electrons. The van der Waals surface area contributed by atoms with Crippen LogP contribution in [0.1, 0.15) is 19.8 Å². The lowest BCUT2D eigenvalue weighted by molar-refractivity contribution is -0.138.